The van der Waals surface area contributed by atoms with Crippen molar-refractivity contribution < 1.29 is 18.7 Å². The van der Waals surface area contributed by atoms with E-state index in [0.29, 0.717) is 38.2 Å². The summed E-state index contributed by atoms with van der Waals surface area (Å²) >= 11 is 0. The summed E-state index contributed by atoms with van der Waals surface area (Å²) in [5, 5.41) is 0. The number of carbonyl (C=O) groups excluding carboxylic acids is 1. The quantitative estimate of drug-likeness (QED) is 0.909. The first-order valence-corrected chi connectivity index (χ1v) is 6.91. The van der Waals surface area contributed by atoms with Gasteiger partial charge >= 0.3 is 0 Å². The van der Waals surface area contributed by atoms with Crippen molar-refractivity contribution in [3.05, 3.63) is 29.6 Å². The van der Waals surface area contributed by atoms with Crippen molar-refractivity contribution in [2.75, 3.05) is 27.4 Å². The molecule has 1 heterocycles. The van der Waals surface area contributed by atoms with Crippen molar-refractivity contribution in [2.45, 2.75) is 24.9 Å². The van der Waals surface area contributed by atoms with E-state index in [2.05, 4.69) is 0 Å². The smallest absolute Gasteiger partial charge is 0.242 e. The summed E-state index contributed by atoms with van der Waals surface area (Å²) in [6.45, 7) is 1.29. The van der Waals surface area contributed by atoms with Crippen LogP contribution in [-0.2, 0) is 16.1 Å². The topological polar surface area (TPSA) is 64.8 Å². The number of rotatable bonds is 4. The SMILES string of the molecule is COc1ccc(CN(C)C(=O)C2(N)CCOCC2)cc1F. The van der Waals surface area contributed by atoms with Gasteiger partial charge in [-0.2, -0.15) is 0 Å². The zero-order valence-corrected chi connectivity index (χ0v) is 12.4. The number of halogens is 1. The first-order chi connectivity index (χ1) is 9.96. The second-order valence-electron chi connectivity index (χ2n) is 5.40. The summed E-state index contributed by atoms with van der Waals surface area (Å²) in [7, 11) is 3.09. The third kappa shape index (κ3) is 3.51. The van der Waals surface area contributed by atoms with Gasteiger partial charge in [-0.3, -0.25) is 4.79 Å². The zero-order valence-electron chi connectivity index (χ0n) is 12.4. The molecule has 1 aliphatic rings. The number of nitrogens with two attached hydrogens (primary N) is 1. The fraction of sp³-hybridized carbons (Fsp3) is 0.533. The van der Waals surface area contributed by atoms with E-state index in [4.69, 9.17) is 15.2 Å². The number of nitrogens with zero attached hydrogens (tertiary/aromatic N) is 1. The van der Waals surface area contributed by atoms with E-state index in [1.807, 2.05) is 0 Å². The maximum atomic E-state index is 13.7. The Morgan fingerprint density at radius 1 is 1.48 bits per heavy atom. The molecule has 5 nitrogen and oxygen atoms in total. The van der Waals surface area contributed by atoms with E-state index in [1.54, 1.807) is 19.2 Å². The molecule has 0 radical (unpaired) electrons. The van der Waals surface area contributed by atoms with Gasteiger partial charge in [0.25, 0.3) is 0 Å². The van der Waals surface area contributed by atoms with E-state index in [-0.39, 0.29) is 11.7 Å². The molecule has 116 valence electrons. The van der Waals surface area contributed by atoms with Crippen molar-refractivity contribution in [2.24, 2.45) is 5.73 Å². The zero-order chi connectivity index (χ0) is 15.5. The van der Waals surface area contributed by atoms with E-state index in [0.717, 1.165) is 0 Å². The number of hydrogen-bond acceptors (Lipinski definition) is 4. The second-order valence-corrected chi connectivity index (χ2v) is 5.40. The van der Waals surface area contributed by atoms with Gasteiger partial charge in [-0.1, -0.05) is 6.07 Å². The molecule has 2 rings (SSSR count). The monoisotopic (exact) mass is 296 g/mol. The lowest BCUT2D eigenvalue weighted by atomic mass is 9.89. The molecule has 1 aromatic carbocycles. The summed E-state index contributed by atoms with van der Waals surface area (Å²) < 4.78 is 23.8. The fourth-order valence-electron chi connectivity index (χ4n) is 2.48. The lowest BCUT2D eigenvalue weighted by molar-refractivity contribution is -0.139. The summed E-state index contributed by atoms with van der Waals surface area (Å²) in [5.41, 5.74) is 5.98. The molecule has 0 aromatic heterocycles. The number of methoxy groups -OCH3 is 1. The number of likely N-dealkylation sites (N-methyl/N-ethyl adjacent to an activating group) is 1. The van der Waals surface area contributed by atoms with E-state index >= 15 is 0 Å². The first kappa shape index (κ1) is 15.7. The fourth-order valence-corrected chi connectivity index (χ4v) is 2.48. The molecule has 1 aliphatic heterocycles. The molecular weight excluding hydrogens is 275 g/mol. The molecule has 0 spiro atoms. The second kappa shape index (κ2) is 6.41. The van der Waals surface area contributed by atoms with Crippen molar-refractivity contribution in [3.63, 3.8) is 0 Å². The highest BCUT2D eigenvalue weighted by molar-refractivity contribution is 5.86. The molecule has 0 aliphatic carbocycles. The minimum atomic E-state index is -0.877. The molecule has 21 heavy (non-hydrogen) atoms. The number of ether oxygens (including phenoxy) is 2. The predicted octanol–water partition coefficient (Wildman–Crippen LogP) is 1.30. The van der Waals surface area contributed by atoms with E-state index in [9.17, 15) is 9.18 Å². The van der Waals surface area contributed by atoms with Crippen LogP contribution in [0.25, 0.3) is 0 Å². The Labute approximate surface area is 123 Å². The maximum Gasteiger partial charge on any atom is 0.242 e. The Bertz CT molecular complexity index is 516. The van der Waals surface area contributed by atoms with Crippen LogP contribution in [-0.4, -0.2) is 43.7 Å². The van der Waals surface area contributed by atoms with Gasteiger partial charge in [0.05, 0.1) is 12.6 Å². The van der Waals surface area contributed by atoms with Crippen LogP contribution in [0.4, 0.5) is 4.39 Å². The molecule has 0 unspecified atom stereocenters. The van der Waals surface area contributed by atoms with Crippen molar-refractivity contribution in [3.8, 4) is 5.75 Å². The Hall–Kier alpha value is -1.66. The van der Waals surface area contributed by atoms with E-state index in [1.165, 1.54) is 18.1 Å². The van der Waals surface area contributed by atoms with Crippen molar-refractivity contribution >= 4 is 5.91 Å². The molecule has 1 fully saturated rings. The normalized spacial score (nSPS) is 17.3. The number of amides is 1. The average Bonchev–Trinajstić information content (AvgIpc) is 2.47. The number of benzene rings is 1. The standard InChI is InChI=1S/C15H21FN2O3/c1-18(14(19)15(17)5-7-21-8-6-15)10-11-3-4-13(20-2)12(16)9-11/h3-4,9H,5-8,10,17H2,1-2H3. The van der Waals surface area contributed by atoms with Crippen LogP contribution in [0.1, 0.15) is 18.4 Å². The molecule has 0 saturated carbocycles. The van der Waals surface area contributed by atoms with Crippen molar-refractivity contribution in [1.29, 1.82) is 0 Å². The van der Waals surface area contributed by atoms with Crippen molar-refractivity contribution in [1.82, 2.24) is 4.90 Å². The number of carbonyl (C=O) groups is 1. The Kier molecular flexibility index (Phi) is 4.80. The van der Waals surface area contributed by atoms with Crippen LogP contribution in [0.5, 0.6) is 5.75 Å². The highest BCUT2D eigenvalue weighted by Crippen LogP contribution is 2.22. The van der Waals surface area contributed by atoms with Gasteiger partial charge in [0.1, 0.15) is 0 Å². The third-order valence-electron chi connectivity index (χ3n) is 3.79. The number of hydrogen-bond donors (Lipinski definition) is 1. The van der Waals surface area contributed by atoms with Crippen LogP contribution in [0, 0.1) is 5.82 Å². The summed E-state index contributed by atoms with van der Waals surface area (Å²) in [6.07, 6.45) is 1.01. The molecule has 1 amide bonds. The van der Waals surface area contributed by atoms with Gasteiger partial charge in [-0.15, -0.1) is 0 Å². The maximum absolute atomic E-state index is 13.7. The highest BCUT2D eigenvalue weighted by atomic mass is 19.1. The van der Waals surface area contributed by atoms with Crippen LogP contribution in [0.15, 0.2) is 18.2 Å². The highest BCUT2D eigenvalue weighted by Gasteiger charge is 2.37. The van der Waals surface area contributed by atoms with Crippen LogP contribution in [0.3, 0.4) is 0 Å². The van der Waals surface area contributed by atoms with Crippen LogP contribution in [0.2, 0.25) is 0 Å². The van der Waals surface area contributed by atoms with Crippen LogP contribution < -0.4 is 10.5 Å². The van der Waals surface area contributed by atoms with Gasteiger partial charge in [0, 0.05) is 26.8 Å². The molecule has 1 saturated heterocycles. The molecule has 6 heteroatoms. The Morgan fingerprint density at radius 2 is 2.14 bits per heavy atom. The average molecular weight is 296 g/mol. The largest absolute Gasteiger partial charge is 0.494 e. The summed E-state index contributed by atoms with van der Waals surface area (Å²) in [6, 6.07) is 4.66. The molecule has 0 bridgehead atoms. The summed E-state index contributed by atoms with van der Waals surface area (Å²) in [4.78, 5) is 14.0. The molecule has 2 N–H and O–H groups in total. The minimum Gasteiger partial charge on any atom is -0.494 e. The van der Waals surface area contributed by atoms with Gasteiger partial charge in [-0.05, 0) is 30.5 Å². The van der Waals surface area contributed by atoms with Gasteiger partial charge in [-0.25, -0.2) is 4.39 Å². The van der Waals surface area contributed by atoms with Gasteiger partial charge < -0.3 is 20.1 Å². The summed E-state index contributed by atoms with van der Waals surface area (Å²) in [5.74, 6) is -0.390. The molecule has 0 atom stereocenters. The lowest BCUT2D eigenvalue weighted by Crippen LogP contribution is -2.57. The van der Waals surface area contributed by atoms with Crippen LogP contribution >= 0.6 is 0 Å². The lowest BCUT2D eigenvalue weighted by Gasteiger charge is -2.35. The van der Waals surface area contributed by atoms with E-state index < -0.39 is 11.4 Å². The predicted molar refractivity (Wildman–Crippen MR) is 76.4 cm³/mol. The van der Waals surface area contributed by atoms with Gasteiger partial charge in [0.2, 0.25) is 5.91 Å². The molecule has 1 aromatic rings. The minimum absolute atomic E-state index is 0.137. The first-order valence-electron chi connectivity index (χ1n) is 6.91. The van der Waals surface area contributed by atoms with Gasteiger partial charge in [0.15, 0.2) is 11.6 Å². The Morgan fingerprint density at radius 3 is 2.71 bits per heavy atom. The molecular formula is C15H21FN2O3. The third-order valence-corrected chi connectivity index (χ3v) is 3.79. The Balaban J connectivity index is 2.05.